The molecule has 1 aliphatic rings. The normalized spacial score (nSPS) is 16.7. The summed E-state index contributed by atoms with van der Waals surface area (Å²) in [6.45, 7) is 0.954. The average molecular weight is 303 g/mol. The molecule has 0 unspecified atom stereocenters. The Hall–Kier alpha value is 0.501. The van der Waals surface area contributed by atoms with Crippen molar-refractivity contribution in [3.8, 4) is 0 Å². The second-order valence-corrected chi connectivity index (χ2v) is 5.42. The quantitative estimate of drug-likeness (QED) is 0.654. The van der Waals surface area contributed by atoms with Crippen molar-refractivity contribution in [3.05, 3.63) is 11.5 Å². The molecule has 0 N–H and O–H groups in total. The summed E-state index contributed by atoms with van der Waals surface area (Å²) >= 11 is 0. The van der Waals surface area contributed by atoms with Crippen molar-refractivity contribution in [1.82, 2.24) is 4.90 Å². The van der Waals surface area contributed by atoms with E-state index in [4.69, 9.17) is 4.74 Å². The van der Waals surface area contributed by atoms with E-state index in [2.05, 4.69) is 0 Å². The minimum absolute atomic E-state index is 0. The van der Waals surface area contributed by atoms with E-state index in [0.29, 0.717) is 11.5 Å². The molecule has 19 heavy (non-hydrogen) atoms. The third kappa shape index (κ3) is 8.39. The van der Waals surface area contributed by atoms with E-state index in [0.717, 1.165) is 0 Å². The van der Waals surface area contributed by atoms with Gasteiger partial charge < -0.3 is 22.6 Å². The Labute approximate surface area is 154 Å². The molecule has 0 aromatic rings. The van der Waals surface area contributed by atoms with Crippen molar-refractivity contribution in [2.75, 3.05) is 13.1 Å². The standard InChI is InChI=1S/C11H18BF3NO2.K/c1-11(2,3)18-10(17)16-6-4-9(5-7-16)8-12(13,14)15;/h8H,4-7H2,1-3H3;/q-1;+1. The SMILES string of the molecule is CC(C)(C)OC(=O)N1CCC(=C[B-](F)(F)F)CC1.[K+]. The predicted molar refractivity (Wildman–Crippen MR) is 64.2 cm³/mol. The molecule has 8 heteroatoms. The Kier molecular flexibility index (Phi) is 7.69. The van der Waals surface area contributed by atoms with Crippen LogP contribution >= 0.6 is 0 Å². The first-order chi connectivity index (χ1) is 8.07. The molecule has 0 radical (unpaired) electrons. The second kappa shape index (κ2) is 7.49. The molecule has 0 bridgehead atoms. The van der Waals surface area contributed by atoms with Crippen molar-refractivity contribution in [2.45, 2.75) is 39.2 Å². The van der Waals surface area contributed by atoms with Crippen LogP contribution in [0.5, 0.6) is 0 Å². The Morgan fingerprint density at radius 1 is 1.26 bits per heavy atom. The molecule has 0 aromatic heterocycles. The largest absolute Gasteiger partial charge is 1.00 e. The molecule has 0 aliphatic carbocycles. The van der Waals surface area contributed by atoms with Crippen LogP contribution in [0, 0.1) is 0 Å². The molecule has 0 aromatic carbocycles. The van der Waals surface area contributed by atoms with Crippen molar-refractivity contribution >= 4 is 13.1 Å². The van der Waals surface area contributed by atoms with E-state index in [1.54, 1.807) is 20.8 Å². The number of amides is 1. The fraction of sp³-hybridized carbons (Fsp3) is 0.727. The van der Waals surface area contributed by atoms with Gasteiger partial charge in [-0.2, -0.15) is 0 Å². The zero-order valence-corrected chi connectivity index (χ0v) is 15.0. The third-order valence-electron chi connectivity index (χ3n) is 2.48. The number of nitrogens with zero attached hydrogens (tertiary/aromatic N) is 1. The fourth-order valence-corrected chi connectivity index (χ4v) is 1.74. The van der Waals surface area contributed by atoms with Crippen LogP contribution in [0.4, 0.5) is 17.7 Å². The summed E-state index contributed by atoms with van der Waals surface area (Å²) in [5.74, 6) is 0.395. The third-order valence-corrected chi connectivity index (χ3v) is 2.48. The van der Waals surface area contributed by atoms with Gasteiger partial charge in [-0.15, -0.1) is 11.5 Å². The van der Waals surface area contributed by atoms with Crippen molar-refractivity contribution in [2.24, 2.45) is 0 Å². The van der Waals surface area contributed by atoms with Gasteiger partial charge in [0.25, 0.3) is 0 Å². The maximum absolute atomic E-state index is 12.2. The van der Waals surface area contributed by atoms with Crippen LogP contribution in [0.1, 0.15) is 33.6 Å². The molecule has 1 rings (SSSR count). The number of hydrogen-bond acceptors (Lipinski definition) is 2. The molecule has 0 saturated carbocycles. The molecule has 0 spiro atoms. The van der Waals surface area contributed by atoms with Gasteiger partial charge in [0.05, 0.1) is 0 Å². The molecule has 1 heterocycles. The van der Waals surface area contributed by atoms with Crippen molar-refractivity contribution < 1.29 is 73.9 Å². The molecule has 3 nitrogen and oxygen atoms in total. The first kappa shape index (κ1) is 19.5. The molecular formula is C11H18BF3KNO2. The molecule has 104 valence electrons. The number of likely N-dealkylation sites (tertiary alicyclic amines) is 1. The van der Waals surface area contributed by atoms with Gasteiger partial charge in [-0.1, -0.05) is 0 Å². The topological polar surface area (TPSA) is 29.5 Å². The summed E-state index contributed by atoms with van der Waals surface area (Å²) in [5, 5.41) is 0. The van der Waals surface area contributed by atoms with Crippen LogP contribution in [0.15, 0.2) is 11.5 Å². The van der Waals surface area contributed by atoms with Gasteiger partial charge >= 0.3 is 64.5 Å². The van der Waals surface area contributed by atoms with Crippen LogP contribution in [-0.2, 0) is 4.74 Å². The van der Waals surface area contributed by atoms with Crippen LogP contribution in [0.25, 0.3) is 0 Å². The van der Waals surface area contributed by atoms with Gasteiger partial charge in [0.1, 0.15) is 5.60 Å². The van der Waals surface area contributed by atoms with Crippen LogP contribution in [0.2, 0.25) is 0 Å². The second-order valence-electron chi connectivity index (χ2n) is 5.42. The number of ether oxygens (including phenoxy) is 1. The molecule has 1 fully saturated rings. The van der Waals surface area contributed by atoms with Crippen LogP contribution < -0.4 is 51.4 Å². The number of carbonyl (C=O) groups is 1. The molecule has 0 atom stereocenters. The number of hydrogen-bond donors (Lipinski definition) is 0. The molecular weight excluding hydrogens is 285 g/mol. The van der Waals surface area contributed by atoms with Gasteiger partial charge in [0.2, 0.25) is 0 Å². The Morgan fingerprint density at radius 3 is 2.11 bits per heavy atom. The molecule has 1 saturated heterocycles. The minimum Gasteiger partial charge on any atom is -0.445 e. The summed E-state index contributed by atoms with van der Waals surface area (Å²) in [6.07, 6.45) is 0.0696. The zero-order valence-electron chi connectivity index (χ0n) is 11.9. The van der Waals surface area contributed by atoms with E-state index < -0.39 is 18.7 Å². The average Bonchev–Trinajstić information content (AvgIpc) is 2.13. The Balaban J connectivity index is 0.00000324. The van der Waals surface area contributed by atoms with Crippen LogP contribution in [-0.4, -0.2) is 36.7 Å². The Bertz CT molecular complexity index is 343. The summed E-state index contributed by atoms with van der Waals surface area (Å²) in [6, 6.07) is 0. The monoisotopic (exact) mass is 303 g/mol. The van der Waals surface area contributed by atoms with Gasteiger partial charge in [-0.05, 0) is 33.6 Å². The van der Waals surface area contributed by atoms with Gasteiger partial charge in [0.15, 0.2) is 0 Å². The van der Waals surface area contributed by atoms with E-state index in [1.807, 2.05) is 0 Å². The van der Waals surface area contributed by atoms with Gasteiger partial charge in [-0.3, -0.25) is 0 Å². The smallest absolute Gasteiger partial charge is 0.445 e. The maximum Gasteiger partial charge on any atom is 1.00 e. The minimum atomic E-state index is -4.88. The molecule has 1 aliphatic heterocycles. The summed E-state index contributed by atoms with van der Waals surface area (Å²) in [5.41, 5.74) is -0.218. The summed E-state index contributed by atoms with van der Waals surface area (Å²) < 4.78 is 41.8. The summed E-state index contributed by atoms with van der Waals surface area (Å²) in [4.78, 5) is 13.1. The number of carbonyl (C=O) groups excluding carboxylic acids is 1. The van der Waals surface area contributed by atoms with E-state index >= 15 is 0 Å². The number of halogens is 3. The fourth-order valence-electron chi connectivity index (χ4n) is 1.74. The molecule has 1 amide bonds. The zero-order chi connectivity index (χ0) is 14.0. The number of rotatable bonds is 1. The van der Waals surface area contributed by atoms with Gasteiger partial charge in [-0.25, -0.2) is 4.79 Å². The summed E-state index contributed by atoms with van der Waals surface area (Å²) in [7, 11) is 0. The predicted octanol–water partition coefficient (Wildman–Crippen LogP) is 0.334. The van der Waals surface area contributed by atoms with Crippen LogP contribution in [0.3, 0.4) is 0 Å². The van der Waals surface area contributed by atoms with E-state index in [9.17, 15) is 17.7 Å². The van der Waals surface area contributed by atoms with E-state index in [1.165, 1.54) is 4.90 Å². The first-order valence-corrected chi connectivity index (χ1v) is 5.95. The number of piperidine rings is 1. The van der Waals surface area contributed by atoms with Crippen molar-refractivity contribution in [1.29, 1.82) is 0 Å². The first-order valence-electron chi connectivity index (χ1n) is 5.95. The Morgan fingerprint density at radius 2 is 1.74 bits per heavy atom. The van der Waals surface area contributed by atoms with E-state index in [-0.39, 0.29) is 77.3 Å². The maximum atomic E-state index is 12.2. The van der Waals surface area contributed by atoms with Gasteiger partial charge in [0, 0.05) is 13.1 Å². The van der Waals surface area contributed by atoms with Crippen molar-refractivity contribution in [3.63, 3.8) is 0 Å².